The molecule has 0 bridgehead atoms. The van der Waals surface area contributed by atoms with Crippen LogP contribution in [0.5, 0.6) is 0 Å². The van der Waals surface area contributed by atoms with Crippen molar-refractivity contribution in [1.29, 1.82) is 0 Å². The molecule has 0 aliphatic carbocycles. The van der Waals surface area contributed by atoms with E-state index >= 15 is 0 Å². The van der Waals surface area contributed by atoms with Crippen LogP contribution in [0.2, 0.25) is 0 Å². The van der Waals surface area contributed by atoms with Crippen molar-refractivity contribution in [3.05, 3.63) is 78.1 Å². The van der Waals surface area contributed by atoms with Gasteiger partial charge in [-0.2, -0.15) is 0 Å². The Hall–Kier alpha value is -2.72. The number of aromatic nitrogens is 1. The number of pyridine rings is 1. The highest BCUT2D eigenvalue weighted by molar-refractivity contribution is 6.05. The van der Waals surface area contributed by atoms with E-state index in [4.69, 9.17) is 0 Å². The number of carbonyl (C=O) groups is 1. The number of rotatable bonds is 5. The summed E-state index contributed by atoms with van der Waals surface area (Å²) in [5.74, 6) is -0.232. The van der Waals surface area contributed by atoms with Crippen molar-refractivity contribution >= 4 is 16.7 Å². The standard InChI is InChI=1S/C19H18N2O2/c22-13-11-17(15-7-2-1-3-8-15)21-19(23)18-16-9-5-4-6-14(16)10-12-20-18/h1-10,12,17,22H,11,13H2,(H,21,23). The number of amides is 1. The molecule has 1 unspecified atom stereocenters. The number of hydrogen-bond acceptors (Lipinski definition) is 3. The number of aliphatic hydroxyl groups excluding tert-OH is 1. The van der Waals surface area contributed by atoms with Crippen LogP contribution in [0.3, 0.4) is 0 Å². The summed E-state index contributed by atoms with van der Waals surface area (Å²) in [6.07, 6.45) is 2.10. The van der Waals surface area contributed by atoms with Crippen molar-refractivity contribution in [3.63, 3.8) is 0 Å². The number of fused-ring (bicyclic) bond motifs is 1. The number of carbonyl (C=O) groups excluding carboxylic acids is 1. The molecule has 3 aromatic rings. The van der Waals surface area contributed by atoms with Gasteiger partial charge in [-0.25, -0.2) is 0 Å². The van der Waals surface area contributed by atoms with Gasteiger partial charge in [-0.15, -0.1) is 0 Å². The van der Waals surface area contributed by atoms with E-state index in [0.29, 0.717) is 12.1 Å². The van der Waals surface area contributed by atoms with Gasteiger partial charge in [-0.1, -0.05) is 54.6 Å². The first-order valence-electron chi connectivity index (χ1n) is 7.60. The van der Waals surface area contributed by atoms with E-state index in [-0.39, 0.29) is 18.6 Å². The highest BCUT2D eigenvalue weighted by Crippen LogP contribution is 2.20. The predicted octanol–water partition coefficient (Wildman–Crippen LogP) is 3.09. The van der Waals surface area contributed by atoms with Gasteiger partial charge in [0.1, 0.15) is 5.69 Å². The van der Waals surface area contributed by atoms with Crippen molar-refractivity contribution in [2.75, 3.05) is 6.61 Å². The molecule has 2 N–H and O–H groups in total. The molecule has 1 amide bonds. The van der Waals surface area contributed by atoms with Crippen LogP contribution in [-0.2, 0) is 0 Å². The van der Waals surface area contributed by atoms with Gasteiger partial charge >= 0.3 is 0 Å². The predicted molar refractivity (Wildman–Crippen MR) is 90.1 cm³/mol. The van der Waals surface area contributed by atoms with E-state index in [1.165, 1.54) is 0 Å². The van der Waals surface area contributed by atoms with E-state index in [9.17, 15) is 9.90 Å². The van der Waals surface area contributed by atoms with Crippen LogP contribution < -0.4 is 5.32 Å². The number of nitrogens with zero attached hydrogens (tertiary/aromatic N) is 1. The first kappa shape index (κ1) is 15.2. The van der Waals surface area contributed by atoms with E-state index in [2.05, 4.69) is 10.3 Å². The monoisotopic (exact) mass is 306 g/mol. The second-order valence-electron chi connectivity index (χ2n) is 5.33. The highest BCUT2D eigenvalue weighted by atomic mass is 16.3. The van der Waals surface area contributed by atoms with E-state index in [1.54, 1.807) is 6.20 Å². The quantitative estimate of drug-likeness (QED) is 0.761. The molecule has 0 saturated carbocycles. The maximum Gasteiger partial charge on any atom is 0.271 e. The Morgan fingerprint density at radius 2 is 1.78 bits per heavy atom. The largest absolute Gasteiger partial charge is 0.396 e. The van der Waals surface area contributed by atoms with Crippen LogP contribution in [0.4, 0.5) is 0 Å². The maximum atomic E-state index is 12.7. The summed E-state index contributed by atoms with van der Waals surface area (Å²) in [7, 11) is 0. The van der Waals surface area contributed by atoms with E-state index in [1.807, 2.05) is 60.7 Å². The molecule has 0 saturated heterocycles. The first-order valence-corrected chi connectivity index (χ1v) is 7.60. The average Bonchev–Trinajstić information content (AvgIpc) is 2.61. The fourth-order valence-electron chi connectivity index (χ4n) is 2.66. The van der Waals surface area contributed by atoms with Crippen molar-refractivity contribution in [3.8, 4) is 0 Å². The van der Waals surface area contributed by atoms with Gasteiger partial charge in [-0.3, -0.25) is 9.78 Å². The molecule has 1 heterocycles. The van der Waals surface area contributed by atoms with Crippen molar-refractivity contribution < 1.29 is 9.90 Å². The normalized spacial score (nSPS) is 12.0. The zero-order valence-electron chi connectivity index (χ0n) is 12.6. The highest BCUT2D eigenvalue weighted by Gasteiger charge is 2.17. The fraction of sp³-hybridized carbons (Fsp3) is 0.158. The lowest BCUT2D eigenvalue weighted by Gasteiger charge is -2.18. The fourth-order valence-corrected chi connectivity index (χ4v) is 2.66. The summed E-state index contributed by atoms with van der Waals surface area (Å²) in [4.78, 5) is 16.9. The molecular formula is C19H18N2O2. The van der Waals surface area contributed by atoms with Crippen molar-refractivity contribution in [1.82, 2.24) is 10.3 Å². The molecular weight excluding hydrogens is 288 g/mol. The topological polar surface area (TPSA) is 62.2 Å². The number of benzene rings is 2. The second-order valence-corrected chi connectivity index (χ2v) is 5.33. The third-order valence-electron chi connectivity index (χ3n) is 3.81. The maximum absolute atomic E-state index is 12.7. The lowest BCUT2D eigenvalue weighted by molar-refractivity contribution is 0.0927. The second kappa shape index (κ2) is 7.03. The molecule has 1 aromatic heterocycles. The minimum absolute atomic E-state index is 0.00278. The average molecular weight is 306 g/mol. The third-order valence-corrected chi connectivity index (χ3v) is 3.81. The van der Waals surface area contributed by atoms with Crippen LogP contribution in [0, 0.1) is 0 Å². The van der Waals surface area contributed by atoms with Gasteiger partial charge in [0.15, 0.2) is 0 Å². The van der Waals surface area contributed by atoms with Gasteiger partial charge < -0.3 is 10.4 Å². The van der Waals surface area contributed by atoms with E-state index < -0.39 is 0 Å². The molecule has 0 radical (unpaired) electrons. The van der Waals surface area contributed by atoms with Gasteiger partial charge in [0.25, 0.3) is 5.91 Å². The molecule has 4 nitrogen and oxygen atoms in total. The van der Waals surface area contributed by atoms with Crippen LogP contribution in [-0.4, -0.2) is 22.6 Å². The van der Waals surface area contributed by atoms with E-state index in [0.717, 1.165) is 16.3 Å². The Bertz CT molecular complexity index is 797. The first-order chi connectivity index (χ1) is 11.3. The summed E-state index contributed by atoms with van der Waals surface area (Å²) in [6, 6.07) is 19.0. The summed E-state index contributed by atoms with van der Waals surface area (Å²) in [5.41, 5.74) is 1.37. The zero-order valence-corrected chi connectivity index (χ0v) is 12.6. The van der Waals surface area contributed by atoms with Crippen molar-refractivity contribution in [2.45, 2.75) is 12.5 Å². The molecule has 1 atom stereocenters. The van der Waals surface area contributed by atoms with Gasteiger partial charge in [0, 0.05) is 18.2 Å². The summed E-state index contributed by atoms with van der Waals surface area (Å²) < 4.78 is 0. The number of aliphatic hydroxyl groups is 1. The van der Waals surface area contributed by atoms with Gasteiger partial charge in [-0.05, 0) is 23.4 Å². The molecule has 4 heteroatoms. The molecule has 0 fully saturated rings. The molecule has 2 aromatic carbocycles. The molecule has 0 aliphatic rings. The van der Waals surface area contributed by atoms with Gasteiger partial charge in [0.2, 0.25) is 0 Å². The summed E-state index contributed by atoms with van der Waals surface area (Å²) in [5, 5.41) is 14.1. The molecule has 0 aliphatic heterocycles. The van der Waals surface area contributed by atoms with Crippen molar-refractivity contribution in [2.24, 2.45) is 0 Å². The van der Waals surface area contributed by atoms with Gasteiger partial charge in [0.05, 0.1) is 6.04 Å². The minimum atomic E-state index is -0.241. The Balaban J connectivity index is 1.89. The lowest BCUT2D eigenvalue weighted by atomic mass is 10.0. The smallest absolute Gasteiger partial charge is 0.271 e. The number of hydrogen-bond donors (Lipinski definition) is 2. The third kappa shape index (κ3) is 3.38. The Labute approximate surface area is 134 Å². The van der Waals surface area contributed by atoms with Crippen LogP contribution in [0.1, 0.15) is 28.5 Å². The van der Waals surface area contributed by atoms with Crippen LogP contribution in [0.25, 0.3) is 10.8 Å². The minimum Gasteiger partial charge on any atom is -0.396 e. The Kier molecular flexibility index (Phi) is 4.64. The number of nitrogens with one attached hydrogen (secondary N) is 1. The molecule has 3 rings (SSSR count). The summed E-state index contributed by atoms with van der Waals surface area (Å²) in [6.45, 7) is 0.00278. The zero-order chi connectivity index (χ0) is 16.1. The van der Waals surface area contributed by atoms with Crippen LogP contribution >= 0.6 is 0 Å². The molecule has 23 heavy (non-hydrogen) atoms. The Morgan fingerprint density at radius 3 is 2.57 bits per heavy atom. The SMILES string of the molecule is O=C(NC(CCO)c1ccccc1)c1nccc2ccccc12. The Morgan fingerprint density at radius 1 is 1.04 bits per heavy atom. The summed E-state index contributed by atoms with van der Waals surface area (Å²) >= 11 is 0. The molecule has 0 spiro atoms. The van der Waals surface area contributed by atoms with Crippen LogP contribution in [0.15, 0.2) is 66.9 Å². The lowest BCUT2D eigenvalue weighted by Crippen LogP contribution is -2.30. The molecule has 116 valence electrons.